The van der Waals surface area contributed by atoms with Crippen LogP contribution in [0.3, 0.4) is 0 Å². The molecule has 116 valence electrons. The van der Waals surface area contributed by atoms with E-state index < -0.39 is 5.82 Å². The van der Waals surface area contributed by atoms with Crippen molar-refractivity contribution in [2.75, 3.05) is 19.6 Å². The first kappa shape index (κ1) is 16.4. The maximum atomic E-state index is 14.1. The summed E-state index contributed by atoms with van der Waals surface area (Å²) in [7, 11) is 0. The molecule has 2 rings (SSSR count). The van der Waals surface area contributed by atoms with Crippen molar-refractivity contribution < 1.29 is 9.18 Å². The molecule has 21 heavy (non-hydrogen) atoms. The average molecular weight is 357 g/mol. The number of nitrogens with one attached hydrogen (secondary N) is 1. The number of piperidine rings is 1. The molecule has 0 bridgehead atoms. The highest BCUT2D eigenvalue weighted by molar-refractivity contribution is 9.10. The van der Waals surface area contributed by atoms with Gasteiger partial charge >= 0.3 is 0 Å². The highest BCUT2D eigenvalue weighted by Crippen LogP contribution is 2.23. The van der Waals surface area contributed by atoms with Gasteiger partial charge in [-0.05, 0) is 53.4 Å². The van der Waals surface area contributed by atoms with Crippen molar-refractivity contribution in [1.29, 1.82) is 0 Å². The SMILES string of the molecule is CC(C)NCC1CCCN(C(=O)c2cccc(Br)c2F)C1. The lowest BCUT2D eigenvalue weighted by atomic mass is 9.97. The normalized spacial score (nSPS) is 19.1. The topological polar surface area (TPSA) is 32.3 Å². The molecule has 1 amide bonds. The summed E-state index contributed by atoms with van der Waals surface area (Å²) in [6.45, 7) is 6.54. The third-order valence-corrected chi connectivity index (χ3v) is 4.42. The quantitative estimate of drug-likeness (QED) is 0.895. The van der Waals surface area contributed by atoms with Crippen molar-refractivity contribution in [1.82, 2.24) is 10.2 Å². The highest BCUT2D eigenvalue weighted by Gasteiger charge is 2.26. The van der Waals surface area contributed by atoms with Crippen molar-refractivity contribution in [3.8, 4) is 0 Å². The fourth-order valence-electron chi connectivity index (χ4n) is 2.66. The van der Waals surface area contributed by atoms with E-state index in [9.17, 15) is 9.18 Å². The standard InChI is InChI=1S/C16H22BrFN2O/c1-11(2)19-9-12-5-4-8-20(10-12)16(21)13-6-3-7-14(17)15(13)18/h3,6-7,11-12,19H,4-5,8-10H2,1-2H3. The van der Waals surface area contributed by atoms with Crippen LogP contribution in [0.2, 0.25) is 0 Å². The summed E-state index contributed by atoms with van der Waals surface area (Å²) in [6.07, 6.45) is 2.09. The predicted molar refractivity (Wildman–Crippen MR) is 85.9 cm³/mol. The van der Waals surface area contributed by atoms with Gasteiger partial charge in [-0.1, -0.05) is 19.9 Å². The molecule has 1 saturated heterocycles. The molecule has 1 heterocycles. The minimum absolute atomic E-state index is 0.154. The zero-order valence-corrected chi connectivity index (χ0v) is 14.1. The zero-order valence-electron chi connectivity index (χ0n) is 12.5. The Kier molecular flexibility index (Phi) is 5.76. The molecule has 1 unspecified atom stereocenters. The smallest absolute Gasteiger partial charge is 0.256 e. The van der Waals surface area contributed by atoms with Gasteiger partial charge in [-0.3, -0.25) is 4.79 Å². The fraction of sp³-hybridized carbons (Fsp3) is 0.562. The van der Waals surface area contributed by atoms with Gasteiger partial charge in [0.15, 0.2) is 0 Å². The Labute approximate surface area is 134 Å². The summed E-state index contributed by atoms with van der Waals surface area (Å²) >= 11 is 3.14. The number of likely N-dealkylation sites (tertiary alicyclic amines) is 1. The Morgan fingerprint density at radius 1 is 1.52 bits per heavy atom. The van der Waals surface area contributed by atoms with Crippen molar-refractivity contribution in [3.63, 3.8) is 0 Å². The minimum atomic E-state index is -0.468. The van der Waals surface area contributed by atoms with E-state index in [2.05, 4.69) is 35.1 Å². The van der Waals surface area contributed by atoms with Crippen LogP contribution >= 0.6 is 15.9 Å². The van der Waals surface area contributed by atoms with Crippen LogP contribution in [0.15, 0.2) is 22.7 Å². The Morgan fingerprint density at radius 3 is 3.00 bits per heavy atom. The van der Waals surface area contributed by atoms with E-state index >= 15 is 0 Å². The van der Waals surface area contributed by atoms with E-state index in [1.807, 2.05) is 0 Å². The van der Waals surface area contributed by atoms with E-state index in [-0.39, 0.29) is 11.5 Å². The second-order valence-electron chi connectivity index (χ2n) is 5.92. The molecule has 0 aromatic heterocycles. The Hall–Kier alpha value is -0.940. The number of rotatable bonds is 4. The lowest BCUT2D eigenvalue weighted by Crippen LogP contribution is -2.44. The van der Waals surface area contributed by atoms with E-state index in [0.29, 0.717) is 29.5 Å². The van der Waals surface area contributed by atoms with Crippen molar-refractivity contribution in [3.05, 3.63) is 34.1 Å². The van der Waals surface area contributed by atoms with Gasteiger partial charge in [-0.25, -0.2) is 4.39 Å². The van der Waals surface area contributed by atoms with Gasteiger partial charge < -0.3 is 10.2 Å². The van der Waals surface area contributed by atoms with Gasteiger partial charge in [-0.2, -0.15) is 0 Å². The molecule has 1 aromatic rings. The van der Waals surface area contributed by atoms with Crippen LogP contribution < -0.4 is 5.32 Å². The summed E-state index contributed by atoms with van der Waals surface area (Å²) in [5.74, 6) is -0.228. The molecule has 1 N–H and O–H groups in total. The van der Waals surface area contributed by atoms with Crippen LogP contribution in [0.5, 0.6) is 0 Å². The lowest BCUT2D eigenvalue weighted by Gasteiger charge is -2.33. The molecular weight excluding hydrogens is 335 g/mol. The largest absolute Gasteiger partial charge is 0.338 e. The van der Waals surface area contributed by atoms with Crippen LogP contribution in [-0.2, 0) is 0 Å². The van der Waals surface area contributed by atoms with Gasteiger partial charge in [0, 0.05) is 19.1 Å². The molecule has 1 aliphatic rings. The number of benzene rings is 1. The van der Waals surface area contributed by atoms with Crippen molar-refractivity contribution >= 4 is 21.8 Å². The molecule has 1 atom stereocenters. The third kappa shape index (κ3) is 4.27. The molecule has 1 aliphatic heterocycles. The predicted octanol–water partition coefficient (Wildman–Crippen LogP) is 3.44. The van der Waals surface area contributed by atoms with Gasteiger partial charge in [0.1, 0.15) is 5.82 Å². The maximum absolute atomic E-state index is 14.1. The van der Waals surface area contributed by atoms with Crippen molar-refractivity contribution in [2.45, 2.75) is 32.7 Å². The molecule has 0 spiro atoms. The van der Waals surface area contributed by atoms with Gasteiger partial charge in [0.2, 0.25) is 0 Å². The summed E-state index contributed by atoms with van der Waals surface area (Å²) in [6, 6.07) is 5.30. The Balaban J connectivity index is 2.03. The number of hydrogen-bond acceptors (Lipinski definition) is 2. The number of amides is 1. The van der Waals surface area contributed by atoms with Gasteiger partial charge in [-0.15, -0.1) is 0 Å². The summed E-state index contributed by atoms with van der Waals surface area (Å²) in [5, 5.41) is 3.42. The number of halogens is 2. The molecule has 0 radical (unpaired) electrons. The third-order valence-electron chi connectivity index (χ3n) is 3.80. The monoisotopic (exact) mass is 356 g/mol. The second kappa shape index (κ2) is 7.36. The van der Waals surface area contributed by atoms with E-state index in [4.69, 9.17) is 0 Å². The van der Waals surface area contributed by atoms with E-state index in [0.717, 1.165) is 19.4 Å². The van der Waals surface area contributed by atoms with Gasteiger partial charge in [0.05, 0.1) is 10.0 Å². The summed E-state index contributed by atoms with van der Waals surface area (Å²) in [5.41, 5.74) is 0.154. The van der Waals surface area contributed by atoms with Crippen LogP contribution in [0.25, 0.3) is 0 Å². The highest BCUT2D eigenvalue weighted by atomic mass is 79.9. The molecule has 1 fully saturated rings. The first-order valence-electron chi connectivity index (χ1n) is 7.45. The lowest BCUT2D eigenvalue weighted by molar-refractivity contribution is 0.0667. The Morgan fingerprint density at radius 2 is 2.29 bits per heavy atom. The minimum Gasteiger partial charge on any atom is -0.338 e. The zero-order chi connectivity index (χ0) is 15.4. The van der Waals surface area contributed by atoms with Crippen LogP contribution in [0.4, 0.5) is 4.39 Å². The maximum Gasteiger partial charge on any atom is 0.256 e. The Bertz CT molecular complexity index is 507. The van der Waals surface area contributed by atoms with E-state index in [1.54, 1.807) is 23.1 Å². The number of nitrogens with zero attached hydrogens (tertiary/aromatic N) is 1. The van der Waals surface area contributed by atoms with Crippen LogP contribution in [0.1, 0.15) is 37.0 Å². The number of hydrogen-bond donors (Lipinski definition) is 1. The summed E-state index contributed by atoms with van der Waals surface area (Å²) in [4.78, 5) is 14.3. The molecule has 5 heteroatoms. The number of carbonyl (C=O) groups is 1. The first-order chi connectivity index (χ1) is 9.99. The average Bonchev–Trinajstić information content (AvgIpc) is 2.47. The van der Waals surface area contributed by atoms with Crippen molar-refractivity contribution in [2.24, 2.45) is 5.92 Å². The molecular formula is C16H22BrFN2O. The first-order valence-corrected chi connectivity index (χ1v) is 8.25. The second-order valence-corrected chi connectivity index (χ2v) is 6.78. The summed E-state index contributed by atoms with van der Waals surface area (Å²) < 4.78 is 14.4. The van der Waals surface area contributed by atoms with Crippen LogP contribution in [0, 0.1) is 11.7 Å². The van der Waals surface area contributed by atoms with Crippen LogP contribution in [-0.4, -0.2) is 36.5 Å². The molecule has 0 aliphatic carbocycles. The molecule has 0 saturated carbocycles. The number of carbonyl (C=O) groups excluding carboxylic acids is 1. The molecule has 1 aromatic carbocycles. The fourth-order valence-corrected chi connectivity index (χ4v) is 3.02. The van der Waals surface area contributed by atoms with Gasteiger partial charge in [0.25, 0.3) is 5.91 Å². The molecule has 3 nitrogen and oxygen atoms in total. The van der Waals surface area contributed by atoms with E-state index in [1.165, 1.54) is 0 Å².